The van der Waals surface area contributed by atoms with Gasteiger partial charge in [-0.25, -0.2) is 0 Å². The summed E-state index contributed by atoms with van der Waals surface area (Å²) >= 11 is 0. The lowest BCUT2D eigenvalue weighted by Crippen LogP contribution is -2.23. The fourth-order valence-electron chi connectivity index (χ4n) is 3.10. The van der Waals surface area contributed by atoms with E-state index in [1.165, 1.54) is 5.56 Å². The lowest BCUT2D eigenvalue weighted by atomic mass is 9.93. The van der Waals surface area contributed by atoms with E-state index in [0.717, 1.165) is 32.7 Å². The van der Waals surface area contributed by atoms with Gasteiger partial charge in [0.05, 0.1) is 0 Å². The number of hydrogen-bond donors (Lipinski definition) is 1. The Kier molecular flexibility index (Phi) is 4.85. The van der Waals surface area contributed by atoms with E-state index in [9.17, 15) is 5.11 Å². The molecule has 1 nitrogen and oxygen atoms in total. The van der Waals surface area contributed by atoms with Crippen molar-refractivity contribution in [1.29, 1.82) is 0 Å². The molecule has 0 aliphatic rings. The van der Waals surface area contributed by atoms with Crippen LogP contribution in [-0.2, 0) is 0 Å². The molecule has 0 spiro atoms. The predicted octanol–water partition coefficient (Wildman–Crippen LogP) is 4.66. The van der Waals surface area contributed by atoms with Crippen LogP contribution >= 0.6 is 0 Å². The van der Waals surface area contributed by atoms with Crippen LogP contribution in [0.1, 0.15) is 18.1 Å². The van der Waals surface area contributed by atoms with E-state index in [0.29, 0.717) is 0 Å². The van der Waals surface area contributed by atoms with Crippen LogP contribution in [0.5, 0.6) is 5.75 Å². The van der Waals surface area contributed by atoms with Crippen LogP contribution in [0.15, 0.2) is 73.3 Å². The monoisotopic (exact) mass is 326 g/mol. The molecule has 0 aliphatic carbocycles. The van der Waals surface area contributed by atoms with Gasteiger partial charge in [0.25, 0.3) is 0 Å². The summed E-state index contributed by atoms with van der Waals surface area (Å²) in [6.45, 7) is 8.33. The van der Waals surface area contributed by atoms with E-state index >= 15 is 0 Å². The molecule has 25 heavy (non-hydrogen) atoms. The molecule has 0 aromatic heterocycles. The molecule has 0 radical (unpaired) electrons. The second-order valence-electron chi connectivity index (χ2n) is 6.16. The summed E-state index contributed by atoms with van der Waals surface area (Å²) in [6.07, 6.45) is 4.11. The second kappa shape index (κ2) is 7.23. The van der Waals surface area contributed by atoms with Gasteiger partial charge in [-0.1, -0.05) is 78.9 Å². The molecule has 3 aromatic carbocycles. The van der Waals surface area contributed by atoms with E-state index in [1.54, 1.807) is 6.07 Å². The van der Waals surface area contributed by atoms with Gasteiger partial charge in [-0.05, 0) is 53.1 Å². The average molecular weight is 326 g/mol. The van der Waals surface area contributed by atoms with Crippen LogP contribution < -0.4 is 10.4 Å². The summed E-state index contributed by atoms with van der Waals surface area (Å²) in [7, 11) is 0. The van der Waals surface area contributed by atoms with E-state index in [2.05, 4.69) is 49.9 Å². The molecule has 0 unspecified atom stereocenters. The summed E-state index contributed by atoms with van der Waals surface area (Å²) in [5.41, 5.74) is 4.83. The second-order valence-corrected chi connectivity index (χ2v) is 6.16. The first-order valence-electron chi connectivity index (χ1n) is 8.41. The Hall–Kier alpha value is -3.06. The minimum atomic E-state index is 0.248. The third kappa shape index (κ3) is 3.56. The highest BCUT2D eigenvalue weighted by Gasteiger charge is 2.11. The minimum absolute atomic E-state index is 0.248. The molecule has 0 saturated carbocycles. The third-order valence-corrected chi connectivity index (χ3v) is 4.33. The van der Waals surface area contributed by atoms with Crippen molar-refractivity contribution < 1.29 is 5.11 Å². The molecule has 0 heterocycles. The topological polar surface area (TPSA) is 20.2 Å². The molecular formula is C24H22O. The Morgan fingerprint density at radius 2 is 1.64 bits per heavy atom. The predicted molar refractivity (Wildman–Crippen MR) is 108 cm³/mol. The maximum Gasteiger partial charge on any atom is 0.124 e. The number of aromatic hydroxyl groups is 1. The molecule has 124 valence electrons. The summed E-state index contributed by atoms with van der Waals surface area (Å²) in [4.78, 5) is 0. The van der Waals surface area contributed by atoms with Gasteiger partial charge in [0.1, 0.15) is 5.75 Å². The van der Waals surface area contributed by atoms with Crippen LogP contribution in [0.25, 0.3) is 28.9 Å². The maximum atomic E-state index is 10.5. The standard InChI is InChI=1S/C24H22O/c1-4-19-10-5-6-11-20(19)16-18(3)24-22(13-8-14-23(24)25)21-12-7-9-17(2)15-21/h4-16,25H,3H2,1-2H3/b19-4?,20-16-. The van der Waals surface area contributed by atoms with Gasteiger partial charge in [-0.2, -0.15) is 0 Å². The maximum absolute atomic E-state index is 10.5. The molecule has 3 rings (SSSR count). The summed E-state index contributed by atoms with van der Waals surface area (Å²) in [6, 6.07) is 22.1. The van der Waals surface area contributed by atoms with Crippen LogP contribution in [0.2, 0.25) is 0 Å². The Bertz CT molecular complexity index is 1040. The van der Waals surface area contributed by atoms with E-state index < -0.39 is 0 Å². The van der Waals surface area contributed by atoms with Crippen molar-refractivity contribution >= 4 is 17.7 Å². The highest BCUT2D eigenvalue weighted by Crippen LogP contribution is 2.35. The highest BCUT2D eigenvalue weighted by atomic mass is 16.3. The van der Waals surface area contributed by atoms with E-state index in [4.69, 9.17) is 0 Å². The lowest BCUT2D eigenvalue weighted by molar-refractivity contribution is 0.474. The SMILES string of the molecule is C=C(/C=c1/ccccc1=CC)c1c(O)cccc1-c1cccc(C)c1. The Balaban J connectivity index is 2.19. The van der Waals surface area contributed by atoms with Crippen LogP contribution in [0, 0.1) is 6.92 Å². The van der Waals surface area contributed by atoms with Crippen molar-refractivity contribution in [2.24, 2.45) is 0 Å². The first-order chi connectivity index (χ1) is 12.1. The minimum Gasteiger partial charge on any atom is -0.507 e. The molecule has 0 fully saturated rings. The van der Waals surface area contributed by atoms with Crippen LogP contribution in [0.4, 0.5) is 0 Å². The van der Waals surface area contributed by atoms with Gasteiger partial charge in [0.2, 0.25) is 0 Å². The molecule has 1 heteroatoms. The zero-order valence-corrected chi connectivity index (χ0v) is 14.7. The van der Waals surface area contributed by atoms with Crippen molar-refractivity contribution in [1.82, 2.24) is 0 Å². The highest BCUT2D eigenvalue weighted by molar-refractivity contribution is 5.95. The zero-order chi connectivity index (χ0) is 17.8. The number of aryl methyl sites for hydroxylation is 1. The summed E-state index contributed by atoms with van der Waals surface area (Å²) in [5.74, 6) is 0.248. The number of allylic oxidation sites excluding steroid dienone is 1. The Labute approximate surface area is 148 Å². The normalized spacial score (nSPS) is 12.4. The van der Waals surface area contributed by atoms with Gasteiger partial charge in [0.15, 0.2) is 0 Å². The molecule has 0 aliphatic heterocycles. The van der Waals surface area contributed by atoms with Gasteiger partial charge in [-0.15, -0.1) is 0 Å². The smallest absolute Gasteiger partial charge is 0.124 e. The van der Waals surface area contributed by atoms with Crippen molar-refractivity contribution in [3.05, 3.63) is 94.9 Å². The molecule has 0 atom stereocenters. The molecule has 1 N–H and O–H groups in total. The Morgan fingerprint density at radius 1 is 0.920 bits per heavy atom. The van der Waals surface area contributed by atoms with E-state index in [-0.39, 0.29) is 5.75 Å². The number of phenolic OH excluding ortho intramolecular Hbond substituents is 1. The number of hydrogen-bond acceptors (Lipinski definition) is 1. The van der Waals surface area contributed by atoms with Gasteiger partial charge >= 0.3 is 0 Å². The first kappa shape index (κ1) is 16.8. The number of benzene rings is 3. The molecule has 0 saturated heterocycles. The summed E-state index contributed by atoms with van der Waals surface area (Å²) < 4.78 is 0. The molecular weight excluding hydrogens is 304 g/mol. The van der Waals surface area contributed by atoms with Gasteiger partial charge in [-0.3, -0.25) is 0 Å². The first-order valence-corrected chi connectivity index (χ1v) is 8.41. The van der Waals surface area contributed by atoms with Crippen LogP contribution in [-0.4, -0.2) is 5.11 Å². The van der Waals surface area contributed by atoms with Crippen LogP contribution in [0.3, 0.4) is 0 Å². The van der Waals surface area contributed by atoms with E-state index in [1.807, 2.05) is 43.3 Å². The zero-order valence-electron chi connectivity index (χ0n) is 14.7. The van der Waals surface area contributed by atoms with Crippen molar-refractivity contribution in [2.45, 2.75) is 13.8 Å². The fourth-order valence-corrected chi connectivity index (χ4v) is 3.10. The summed E-state index contributed by atoms with van der Waals surface area (Å²) in [5, 5.41) is 12.7. The molecule has 3 aromatic rings. The van der Waals surface area contributed by atoms with Gasteiger partial charge < -0.3 is 5.11 Å². The largest absolute Gasteiger partial charge is 0.507 e. The number of phenols is 1. The van der Waals surface area contributed by atoms with Crippen molar-refractivity contribution in [3.63, 3.8) is 0 Å². The lowest BCUT2D eigenvalue weighted by Gasteiger charge is -2.13. The van der Waals surface area contributed by atoms with Crippen molar-refractivity contribution in [3.8, 4) is 16.9 Å². The fraction of sp³-hybridized carbons (Fsp3) is 0.0833. The van der Waals surface area contributed by atoms with Gasteiger partial charge in [0, 0.05) is 5.56 Å². The average Bonchev–Trinajstić information content (AvgIpc) is 2.61. The molecule has 0 amide bonds. The molecule has 0 bridgehead atoms. The number of rotatable bonds is 3. The Morgan fingerprint density at radius 3 is 2.36 bits per heavy atom. The third-order valence-electron chi connectivity index (χ3n) is 4.33. The quantitative estimate of drug-likeness (QED) is 0.742. The van der Waals surface area contributed by atoms with Crippen molar-refractivity contribution in [2.75, 3.05) is 0 Å².